The molecule has 154 valence electrons. The van der Waals surface area contributed by atoms with Crippen molar-refractivity contribution in [3.63, 3.8) is 0 Å². The molecule has 7 heteroatoms. The fourth-order valence-electron chi connectivity index (χ4n) is 4.09. The number of carbonyl (C=O) groups excluding carboxylic acids is 1. The van der Waals surface area contributed by atoms with Gasteiger partial charge >= 0.3 is 0 Å². The van der Waals surface area contributed by atoms with Crippen LogP contribution in [0.1, 0.15) is 34.9 Å². The van der Waals surface area contributed by atoms with Gasteiger partial charge in [-0.3, -0.25) is 14.8 Å². The highest BCUT2D eigenvalue weighted by atomic mass is 16.2. The molecular formula is C24H22N6O. The van der Waals surface area contributed by atoms with Crippen molar-refractivity contribution in [2.24, 2.45) is 0 Å². The van der Waals surface area contributed by atoms with E-state index in [4.69, 9.17) is 4.98 Å². The molecule has 3 aromatic heterocycles. The normalized spacial score (nSPS) is 16.3. The number of benzene rings is 1. The molecule has 1 amide bonds. The van der Waals surface area contributed by atoms with E-state index in [9.17, 15) is 4.79 Å². The van der Waals surface area contributed by atoms with Gasteiger partial charge in [0.1, 0.15) is 17.3 Å². The third kappa shape index (κ3) is 4.07. The maximum atomic E-state index is 13.3. The van der Waals surface area contributed by atoms with Gasteiger partial charge in [0, 0.05) is 48.7 Å². The van der Waals surface area contributed by atoms with Gasteiger partial charge in [-0.1, -0.05) is 30.3 Å². The van der Waals surface area contributed by atoms with Crippen LogP contribution in [0.25, 0.3) is 10.8 Å². The van der Waals surface area contributed by atoms with Crippen molar-refractivity contribution in [3.05, 3.63) is 84.7 Å². The summed E-state index contributed by atoms with van der Waals surface area (Å²) in [4.78, 5) is 32.7. The third-order valence-electron chi connectivity index (χ3n) is 5.59. The molecule has 1 saturated heterocycles. The number of likely N-dealkylation sites (tertiary alicyclic amines) is 1. The molecule has 1 N–H and O–H groups in total. The van der Waals surface area contributed by atoms with Gasteiger partial charge in [-0.25, -0.2) is 9.97 Å². The van der Waals surface area contributed by atoms with E-state index in [0.29, 0.717) is 18.1 Å². The zero-order valence-electron chi connectivity index (χ0n) is 17.0. The molecule has 0 saturated carbocycles. The van der Waals surface area contributed by atoms with Crippen molar-refractivity contribution in [2.45, 2.75) is 18.8 Å². The zero-order valence-corrected chi connectivity index (χ0v) is 17.0. The van der Waals surface area contributed by atoms with Crippen molar-refractivity contribution in [3.8, 4) is 0 Å². The second kappa shape index (κ2) is 8.47. The molecule has 1 aliphatic rings. The Bertz CT molecular complexity index is 1210. The van der Waals surface area contributed by atoms with E-state index < -0.39 is 0 Å². The highest BCUT2D eigenvalue weighted by molar-refractivity contribution is 6.05. The number of anilines is 2. The Morgan fingerprint density at radius 2 is 1.90 bits per heavy atom. The van der Waals surface area contributed by atoms with Crippen LogP contribution in [0.3, 0.4) is 0 Å². The van der Waals surface area contributed by atoms with Gasteiger partial charge in [-0.2, -0.15) is 0 Å². The molecule has 4 heterocycles. The van der Waals surface area contributed by atoms with E-state index in [1.54, 1.807) is 24.8 Å². The highest BCUT2D eigenvalue weighted by Gasteiger charge is 2.28. The summed E-state index contributed by atoms with van der Waals surface area (Å²) < 4.78 is 0. The number of hydrogen-bond acceptors (Lipinski definition) is 6. The van der Waals surface area contributed by atoms with Crippen LogP contribution in [0.5, 0.6) is 0 Å². The Hall–Kier alpha value is -3.87. The zero-order chi connectivity index (χ0) is 21.0. The molecule has 5 rings (SSSR count). The molecule has 1 fully saturated rings. The Labute approximate surface area is 180 Å². The van der Waals surface area contributed by atoms with Gasteiger partial charge in [-0.15, -0.1) is 0 Å². The summed E-state index contributed by atoms with van der Waals surface area (Å²) in [6.45, 7) is 1.36. The first-order valence-corrected chi connectivity index (χ1v) is 10.4. The van der Waals surface area contributed by atoms with E-state index in [1.165, 1.54) is 0 Å². The molecule has 31 heavy (non-hydrogen) atoms. The van der Waals surface area contributed by atoms with Crippen LogP contribution >= 0.6 is 0 Å². The lowest BCUT2D eigenvalue weighted by atomic mass is 9.93. The first kappa shape index (κ1) is 19.1. The first-order chi connectivity index (χ1) is 15.3. The molecule has 0 spiro atoms. The molecule has 4 aromatic rings. The number of rotatable bonds is 4. The number of hydrogen-bond donors (Lipinski definition) is 1. The van der Waals surface area contributed by atoms with Crippen LogP contribution in [-0.4, -0.2) is 43.8 Å². The number of amides is 1. The topological polar surface area (TPSA) is 83.9 Å². The van der Waals surface area contributed by atoms with Crippen LogP contribution in [-0.2, 0) is 0 Å². The van der Waals surface area contributed by atoms with E-state index in [0.717, 1.165) is 41.7 Å². The number of carbonyl (C=O) groups is 1. The van der Waals surface area contributed by atoms with Crippen LogP contribution < -0.4 is 5.32 Å². The van der Waals surface area contributed by atoms with E-state index >= 15 is 0 Å². The van der Waals surface area contributed by atoms with Crippen molar-refractivity contribution >= 4 is 28.3 Å². The number of aromatic nitrogens is 4. The van der Waals surface area contributed by atoms with E-state index in [2.05, 4.69) is 20.3 Å². The Morgan fingerprint density at radius 1 is 0.968 bits per heavy atom. The maximum absolute atomic E-state index is 13.3. The summed E-state index contributed by atoms with van der Waals surface area (Å²) in [6.07, 6.45) is 8.57. The number of fused-ring (bicyclic) bond motifs is 1. The molecule has 1 aromatic carbocycles. The monoisotopic (exact) mass is 410 g/mol. The lowest BCUT2D eigenvalue weighted by Crippen LogP contribution is -2.39. The molecule has 7 nitrogen and oxygen atoms in total. The average Bonchev–Trinajstić information content (AvgIpc) is 2.84. The van der Waals surface area contributed by atoms with Crippen LogP contribution in [0.2, 0.25) is 0 Å². The Balaban J connectivity index is 1.36. The number of nitrogens with zero attached hydrogens (tertiary/aromatic N) is 5. The average molecular weight is 410 g/mol. The molecule has 0 unspecified atom stereocenters. The summed E-state index contributed by atoms with van der Waals surface area (Å²) in [7, 11) is 0. The second-order valence-corrected chi connectivity index (χ2v) is 7.63. The van der Waals surface area contributed by atoms with Gasteiger partial charge < -0.3 is 10.2 Å². The SMILES string of the molecule is O=C(c1nccc2ccccc12)N1CCC[C@@H](c2cccc(Nc3cnccn3)n2)C1. The Morgan fingerprint density at radius 3 is 2.81 bits per heavy atom. The smallest absolute Gasteiger partial charge is 0.273 e. The number of piperidine rings is 1. The summed E-state index contributed by atoms with van der Waals surface area (Å²) in [6, 6.07) is 15.7. The van der Waals surface area contributed by atoms with Crippen molar-refractivity contribution in [1.29, 1.82) is 0 Å². The lowest BCUT2D eigenvalue weighted by molar-refractivity contribution is 0.0702. The summed E-state index contributed by atoms with van der Waals surface area (Å²) in [5.74, 6) is 1.53. The molecular weight excluding hydrogens is 388 g/mol. The fraction of sp³-hybridized carbons (Fsp3) is 0.208. The van der Waals surface area contributed by atoms with Gasteiger partial charge in [-0.05, 0) is 36.4 Å². The standard InChI is InChI=1S/C24H22N6O/c31-24(23-19-7-2-1-5-17(19)10-11-27-23)30-14-4-6-18(16-30)20-8-3-9-21(28-20)29-22-15-25-12-13-26-22/h1-3,5,7-13,15,18H,4,6,14,16H2,(H,26,28,29)/t18-/m1/s1. The summed E-state index contributed by atoms with van der Waals surface area (Å²) >= 11 is 0. The highest BCUT2D eigenvalue weighted by Crippen LogP contribution is 2.28. The van der Waals surface area contributed by atoms with E-state index in [-0.39, 0.29) is 11.8 Å². The molecule has 1 atom stereocenters. The third-order valence-corrected chi connectivity index (χ3v) is 5.59. The van der Waals surface area contributed by atoms with Gasteiger partial charge in [0.05, 0.1) is 6.20 Å². The first-order valence-electron chi connectivity index (χ1n) is 10.4. The predicted octanol–water partition coefficient (Wildman–Crippen LogP) is 4.18. The van der Waals surface area contributed by atoms with Crippen molar-refractivity contribution in [1.82, 2.24) is 24.8 Å². The Kier molecular flexibility index (Phi) is 5.22. The number of pyridine rings is 2. The second-order valence-electron chi connectivity index (χ2n) is 7.63. The number of nitrogens with one attached hydrogen (secondary N) is 1. The predicted molar refractivity (Wildman–Crippen MR) is 119 cm³/mol. The van der Waals surface area contributed by atoms with Gasteiger partial charge in [0.2, 0.25) is 0 Å². The summed E-state index contributed by atoms with van der Waals surface area (Å²) in [5, 5.41) is 5.11. The van der Waals surface area contributed by atoms with Crippen molar-refractivity contribution < 1.29 is 4.79 Å². The quantitative estimate of drug-likeness (QED) is 0.543. The van der Waals surface area contributed by atoms with Crippen LogP contribution in [0, 0.1) is 0 Å². The summed E-state index contributed by atoms with van der Waals surface area (Å²) in [5.41, 5.74) is 1.49. The molecule has 0 radical (unpaired) electrons. The maximum Gasteiger partial charge on any atom is 0.273 e. The van der Waals surface area contributed by atoms with Gasteiger partial charge in [0.15, 0.2) is 0 Å². The fourth-order valence-corrected chi connectivity index (χ4v) is 4.09. The van der Waals surface area contributed by atoms with Gasteiger partial charge in [0.25, 0.3) is 5.91 Å². The largest absolute Gasteiger partial charge is 0.337 e. The molecule has 0 bridgehead atoms. The van der Waals surface area contributed by atoms with E-state index in [1.807, 2.05) is 53.4 Å². The van der Waals surface area contributed by atoms with Crippen LogP contribution in [0.15, 0.2) is 73.3 Å². The minimum atomic E-state index is -0.0182. The van der Waals surface area contributed by atoms with Crippen LogP contribution in [0.4, 0.5) is 11.6 Å². The molecule has 0 aliphatic carbocycles. The molecule has 1 aliphatic heterocycles. The minimum Gasteiger partial charge on any atom is -0.337 e. The minimum absolute atomic E-state index is 0.0182. The van der Waals surface area contributed by atoms with Crippen molar-refractivity contribution in [2.75, 3.05) is 18.4 Å². The lowest BCUT2D eigenvalue weighted by Gasteiger charge is -2.32.